The standard InChI is InChI=1S/C26H29N3O5S/c1-18(31)26-28-13-14-29(26)22(17-30)10-5-19-3-6-20(7-4-19)21-8-11-23(12-9-21)34-24-15-25(16-24)35(32,33)27-2/h3-4,6-9,11-14,18,22,24-25,27,30-31H,15-17H2,1-2H3/t18-,22-,24?,25?/m0/s1. The number of imidazole rings is 1. The number of aliphatic hydroxyl groups excluding tert-OH is 2. The van der Waals surface area contributed by atoms with E-state index < -0.39 is 22.2 Å². The van der Waals surface area contributed by atoms with Crippen LogP contribution in [0.25, 0.3) is 11.1 Å². The van der Waals surface area contributed by atoms with Crippen LogP contribution in [0.15, 0.2) is 60.9 Å². The summed E-state index contributed by atoms with van der Waals surface area (Å²) in [6.45, 7) is 1.43. The highest BCUT2D eigenvalue weighted by Crippen LogP contribution is 2.31. The van der Waals surface area contributed by atoms with Gasteiger partial charge in [0.05, 0.1) is 11.9 Å². The topological polar surface area (TPSA) is 114 Å². The largest absolute Gasteiger partial charge is 0.490 e. The molecule has 0 unspecified atom stereocenters. The second-order valence-corrected chi connectivity index (χ2v) is 10.7. The van der Waals surface area contributed by atoms with Crippen molar-refractivity contribution in [2.75, 3.05) is 13.7 Å². The van der Waals surface area contributed by atoms with Gasteiger partial charge in [0.1, 0.15) is 29.8 Å². The molecule has 0 aliphatic heterocycles. The molecule has 9 heteroatoms. The Hall–Kier alpha value is -3.16. The maximum absolute atomic E-state index is 11.8. The van der Waals surface area contributed by atoms with Gasteiger partial charge in [-0.05, 0) is 49.4 Å². The first-order valence-corrected chi connectivity index (χ1v) is 13.0. The molecular weight excluding hydrogens is 466 g/mol. The molecular formula is C26H29N3O5S. The summed E-state index contributed by atoms with van der Waals surface area (Å²) in [5.74, 6) is 7.31. The van der Waals surface area contributed by atoms with Crippen molar-refractivity contribution < 1.29 is 23.4 Å². The number of rotatable bonds is 8. The molecule has 184 valence electrons. The maximum atomic E-state index is 11.8. The quantitative estimate of drug-likeness (QED) is 0.414. The lowest BCUT2D eigenvalue weighted by molar-refractivity contribution is 0.122. The van der Waals surface area contributed by atoms with Crippen molar-refractivity contribution in [3.63, 3.8) is 0 Å². The summed E-state index contributed by atoms with van der Waals surface area (Å²) in [4.78, 5) is 4.13. The second kappa shape index (κ2) is 10.6. The van der Waals surface area contributed by atoms with E-state index in [2.05, 4.69) is 21.5 Å². The van der Waals surface area contributed by atoms with Crippen LogP contribution in [0.2, 0.25) is 0 Å². The van der Waals surface area contributed by atoms with E-state index in [1.165, 1.54) is 7.05 Å². The van der Waals surface area contributed by atoms with Gasteiger partial charge in [0.25, 0.3) is 0 Å². The van der Waals surface area contributed by atoms with Crippen LogP contribution in [0, 0.1) is 11.8 Å². The molecule has 1 aliphatic rings. The Balaban J connectivity index is 1.37. The number of nitrogens with one attached hydrogen (secondary N) is 1. The van der Waals surface area contributed by atoms with Gasteiger partial charge in [0.15, 0.2) is 0 Å². The van der Waals surface area contributed by atoms with E-state index in [1.54, 1.807) is 23.9 Å². The minimum absolute atomic E-state index is 0.0893. The number of sulfonamides is 1. The first-order valence-electron chi connectivity index (χ1n) is 11.4. The van der Waals surface area contributed by atoms with Crippen molar-refractivity contribution in [1.29, 1.82) is 0 Å². The zero-order valence-corrected chi connectivity index (χ0v) is 20.4. The Morgan fingerprint density at radius 1 is 1.14 bits per heavy atom. The number of benzene rings is 2. The van der Waals surface area contributed by atoms with Crippen LogP contribution in [0.4, 0.5) is 0 Å². The van der Waals surface area contributed by atoms with Gasteiger partial charge in [-0.1, -0.05) is 36.1 Å². The first-order chi connectivity index (χ1) is 16.8. The lowest BCUT2D eigenvalue weighted by Gasteiger charge is -2.34. The van der Waals surface area contributed by atoms with Crippen LogP contribution in [-0.4, -0.2) is 53.2 Å². The predicted octanol–water partition coefficient (Wildman–Crippen LogP) is 2.65. The van der Waals surface area contributed by atoms with E-state index >= 15 is 0 Å². The molecule has 1 fully saturated rings. The molecule has 0 saturated heterocycles. The fourth-order valence-corrected chi connectivity index (χ4v) is 5.25. The fourth-order valence-electron chi connectivity index (χ4n) is 3.98. The molecule has 1 saturated carbocycles. The zero-order chi connectivity index (χ0) is 25.0. The average Bonchev–Trinajstić information content (AvgIpc) is 3.32. The molecule has 2 aromatic carbocycles. The highest BCUT2D eigenvalue weighted by atomic mass is 32.2. The number of nitrogens with zero attached hydrogens (tertiary/aromatic N) is 2. The second-order valence-electron chi connectivity index (χ2n) is 8.52. The monoisotopic (exact) mass is 495 g/mol. The third-order valence-corrected chi connectivity index (χ3v) is 7.95. The molecule has 3 N–H and O–H groups in total. The molecule has 1 aliphatic carbocycles. The number of hydrogen-bond acceptors (Lipinski definition) is 6. The molecule has 0 bridgehead atoms. The summed E-state index contributed by atoms with van der Waals surface area (Å²) in [6.07, 6.45) is 3.42. The van der Waals surface area contributed by atoms with E-state index in [0.29, 0.717) is 24.4 Å². The van der Waals surface area contributed by atoms with Gasteiger partial charge in [-0.2, -0.15) is 0 Å². The van der Waals surface area contributed by atoms with E-state index in [1.807, 2.05) is 48.5 Å². The van der Waals surface area contributed by atoms with E-state index in [9.17, 15) is 18.6 Å². The van der Waals surface area contributed by atoms with Crippen LogP contribution >= 0.6 is 0 Å². The molecule has 4 rings (SSSR count). The van der Waals surface area contributed by atoms with Gasteiger partial charge in [-0.15, -0.1) is 0 Å². The first kappa shape index (κ1) is 24.9. The van der Waals surface area contributed by atoms with Crippen LogP contribution in [0.1, 0.15) is 43.3 Å². The van der Waals surface area contributed by atoms with Crippen molar-refractivity contribution in [1.82, 2.24) is 14.3 Å². The SMILES string of the molecule is CNS(=O)(=O)C1CC(Oc2ccc(-c3ccc(C#C[C@@H](CO)n4ccnc4[C@H](C)O)cc3)cc2)C1. The summed E-state index contributed by atoms with van der Waals surface area (Å²) in [7, 11) is -1.79. The highest BCUT2D eigenvalue weighted by molar-refractivity contribution is 7.90. The van der Waals surface area contributed by atoms with Crippen molar-refractivity contribution in [2.45, 2.75) is 43.3 Å². The highest BCUT2D eigenvalue weighted by Gasteiger charge is 2.39. The zero-order valence-electron chi connectivity index (χ0n) is 19.6. The predicted molar refractivity (Wildman–Crippen MR) is 133 cm³/mol. The van der Waals surface area contributed by atoms with Gasteiger partial charge in [-0.3, -0.25) is 0 Å². The normalized spacial score (nSPS) is 19.2. The third-order valence-electron chi connectivity index (χ3n) is 6.11. The van der Waals surface area contributed by atoms with Gasteiger partial charge in [0.2, 0.25) is 10.0 Å². The Morgan fingerprint density at radius 2 is 1.77 bits per heavy atom. The number of hydrogen-bond donors (Lipinski definition) is 3. The van der Waals surface area contributed by atoms with Gasteiger partial charge in [-0.25, -0.2) is 18.1 Å². The van der Waals surface area contributed by atoms with Crippen LogP contribution in [-0.2, 0) is 10.0 Å². The summed E-state index contributed by atoms with van der Waals surface area (Å²) >= 11 is 0. The number of ether oxygens (including phenoxy) is 1. The molecule has 0 spiro atoms. The Labute approximate surface area is 205 Å². The summed E-state index contributed by atoms with van der Waals surface area (Å²) in [5, 5.41) is 19.2. The third kappa shape index (κ3) is 5.74. The van der Waals surface area contributed by atoms with E-state index in [0.717, 1.165) is 16.7 Å². The van der Waals surface area contributed by atoms with Crippen molar-refractivity contribution >= 4 is 10.0 Å². The molecule has 3 aromatic rings. The van der Waals surface area contributed by atoms with Crippen molar-refractivity contribution in [3.05, 3.63) is 72.3 Å². The van der Waals surface area contributed by atoms with Gasteiger partial charge < -0.3 is 19.5 Å². The van der Waals surface area contributed by atoms with Crippen molar-refractivity contribution in [2.24, 2.45) is 0 Å². The molecule has 0 amide bonds. The smallest absolute Gasteiger partial charge is 0.214 e. The summed E-state index contributed by atoms with van der Waals surface area (Å²) < 4.78 is 33.5. The molecule has 0 radical (unpaired) electrons. The van der Waals surface area contributed by atoms with Gasteiger partial charge >= 0.3 is 0 Å². The minimum Gasteiger partial charge on any atom is -0.490 e. The molecule has 35 heavy (non-hydrogen) atoms. The summed E-state index contributed by atoms with van der Waals surface area (Å²) in [6, 6.07) is 15.0. The lowest BCUT2D eigenvalue weighted by atomic mass is 9.95. The lowest BCUT2D eigenvalue weighted by Crippen LogP contribution is -2.46. The van der Waals surface area contributed by atoms with Crippen molar-refractivity contribution in [3.8, 4) is 28.7 Å². The van der Waals surface area contributed by atoms with E-state index in [-0.39, 0.29) is 18.0 Å². The molecule has 2 atom stereocenters. The Morgan fingerprint density at radius 3 is 2.34 bits per heavy atom. The molecule has 1 aromatic heterocycles. The van der Waals surface area contributed by atoms with Gasteiger partial charge in [0, 0.05) is 30.8 Å². The number of aliphatic hydroxyl groups is 2. The maximum Gasteiger partial charge on any atom is 0.214 e. The Bertz CT molecular complexity index is 1300. The average molecular weight is 496 g/mol. The fraction of sp³-hybridized carbons (Fsp3) is 0.346. The van der Waals surface area contributed by atoms with E-state index in [4.69, 9.17) is 4.74 Å². The molecule has 1 heterocycles. The van der Waals surface area contributed by atoms with Crippen LogP contribution in [0.3, 0.4) is 0 Å². The summed E-state index contributed by atoms with van der Waals surface area (Å²) in [5.41, 5.74) is 2.85. The Kier molecular flexibility index (Phi) is 7.57. The van der Waals surface area contributed by atoms with Crippen LogP contribution < -0.4 is 9.46 Å². The number of aromatic nitrogens is 2. The molecule has 8 nitrogen and oxygen atoms in total. The minimum atomic E-state index is -3.23. The van der Waals surface area contributed by atoms with Crippen LogP contribution in [0.5, 0.6) is 5.75 Å².